The number of methoxy groups -OCH3 is 1. The van der Waals surface area contributed by atoms with Crippen LogP contribution in [0.15, 0.2) is 18.2 Å². The summed E-state index contributed by atoms with van der Waals surface area (Å²) in [6.07, 6.45) is -0.441. The van der Waals surface area contributed by atoms with Crippen LogP contribution in [0.4, 0.5) is 11.4 Å². The number of rotatable bonds is 6. The molecule has 0 saturated heterocycles. The van der Waals surface area contributed by atoms with Crippen LogP contribution in [0.25, 0.3) is 0 Å². The number of aliphatic hydroxyl groups is 1. The average molecular weight is 284 g/mol. The van der Waals surface area contributed by atoms with Crippen molar-refractivity contribution in [2.24, 2.45) is 0 Å². The maximum atomic E-state index is 11.7. The molecule has 0 aromatic heterocycles. The Kier molecular flexibility index (Phi) is 5.98. The van der Waals surface area contributed by atoms with Crippen LogP contribution in [0, 0.1) is 0 Å². The molecule has 106 valence electrons. The molecule has 0 radical (unpaired) electrons. The summed E-state index contributed by atoms with van der Waals surface area (Å²) in [4.78, 5) is 11.7. The first-order valence-electron chi connectivity index (χ1n) is 5.97. The van der Waals surface area contributed by atoms with Crippen molar-refractivity contribution in [3.63, 3.8) is 0 Å². The van der Waals surface area contributed by atoms with Gasteiger partial charge in [-0.25, -0.2) is 0 Å². The van der Waals surface area contributed by atoms with Gasteiger partial charge in [0.2, 0.25) is 5.91 Å². The van der Waals surface area contributed by atoms with Crippen molar-refractivity contribution in [2.45, 2.75) is 25.2 Å². The molecule has 1 amide bonds. The molecule has 0 aliphatic rings. The second-order valence-electron chi connectivity index (χ2n) is 4.26. The quantitative estimate of drug-likeness (QED) is 0.693. The number of carbonyl (C=O) groups is 1. The standard InChI is InChI=1S/C13H20N2O3S/c1-8(16)9(2)19-7-13(17)15-12-5-4-10(18-3)6-11(12)14/h4-6,8-9,16H,7,14H2,1-3H3,(H,15,17). The largest absolute Gasteiger partial charge is 0.497 e. The number of nitrogens with one attached hydrogen (secondary N) is 1. The van der Waals surface area contributed by atoms with E-state index in [4.69, 9.17) is 10.5 Å². The lowest BCUT2D eigenvalue weighted by Crippen LogP contribution is -2.21. The third-order valence-corrected chi connectivity index (χ3v) is 4.04. The minimum absolute atomic E-state index is 0.0129. The summed E-state index contributed by atoms with van der Waals surface area (Å²) in [6.45, 7) is 3.58. The molecule has 19 heavy (non-hydrogen) atoms. The Bertz CT molecular complexity index is 438. The van der Waals surface area contributed by atoms with E-state index in [1.165, 1.54) is 11.8 Å². The topological polar surface area (TPSA) is 84.6 Å². The fraction of sp³-hybridized carbons (Fsp3) is 0.462. The van der Waals surface area contributed by atoms with Crippen LogP contribution in [0.5, 0.6) is 5.75 Å². The number of nitrogens with two attached hydrogens (primary N) is 1. The van der Waals surface area contributed by atoms with Gasteiger partial charge in [0.15, 0.2) is 0 Å². The predicted octanol–water partition coefficient (Wildman–Crippen LogP) is 1.72. The summed E-state index contributed by atoms with van der Waals surface area (Å²) in [7, 11) is 1.56. The molecular weight excluding hydrogens is 264 g/mol. The molecule has 2 atom stereocenters. The molecule has 5 nitrogen and oxygen atoms in total. The number of hydrogen-bond donors (Lipinski definition) is 3. The molecule has 0 fully saturated rings. The third kappa shape index (κ3) is 5.00. The van der Waals surface area contributed by atoms with Crippen molar-refractivity contribution < 1.29 is 14.6 Å². The Morgan fingerprint density at radius 1 is 1.53 bits per heavy atom. The lowest BCUT2D eigenvalue weighted by Gasteiger charge is -2.14. The molecule has 1 aromatic carbocycles. The summed E-state index contributed by atoms with van der Waals surface area (Å²) in [6, 6.07) is 5.09. The molecule has 0 bridgehead atoms. The van der Waals surface area contributed by atoms with Crippen molar-refractivity contribution in [1.29, 1.82) is 0 Å². The van der Waals surface area contributed by atoms with E-state index in [9.17, 15) is 9.90 Å². The van der Waals surface area contributed by atoms with Crippen molar-refractivity contribution >= 4 is 29.0 Å². The number of hydrogen-bond acceptors (Lipinski definition) is 5. The fourth-order valence-electron chi connectivity index (χ4n) is 1.31. The van der Waals surface area contributed by atoms with Crippen LogP contribution < -0.4 is 15.8 Å². The predicted molar refractivity (Wildman–Crippen MR) is 79.6 cm³/mol. The highest BCUT2D eigenvalue weighted by Crippen LogP contribution is 2.24. The zero-order valence-electron chi connectivity index (χ0n) is 11.3. The number of thioether (sulfide) groups is 1. The van der Waals surface area contributed by atoms with E-state index in [-0.39, 0.29) is 16.9 Å². The molecule has 4 N–H and O–H groups in total. The van der Waals surface area contributed by atoms with E-state index >= 15 is 0 Å². The van der Waals surface area contributed by atoms with Crippen molar-refractivity contribution in [3.8, 4) is 5.75 Å². The summed E-state index contributed by atoms with van der Waals surface area (Å²) in [5.74, 6) is 0.777. The molecule has 0 aliphatic heterocycles. The smallest absolute Gasteiger partial charge is 0.234 e. The number of ether oxygens (including phenoxy) is 1. The summed E-state index contributed by atoms with van der Waals surface area (Å²) < 4.78 is 5.04. The van der Waals surface area contributed by atoms with E-state index in [1.807, 2.05) is 6.92 Å². The fourth-order valence-corrected chi connectivity index (χ4v) is 2.08. The number of aliphatic hydroxyl groups excluding tert-OH is 1. The minimum atomic E-state index is -0.441. The maximum Gasteiger partial charge on any atom is 0.234 e. The second-order valence-corrected chi connectivity index (χ2v) is 5.62. The normalized spacial score (nSPS) is 13.7. The van der Waals surface area contributed by atoms with Gasteiger partial charge in [0, 0.05) is 11.3 Å². The average Bonchev–Trinajstić information content (AvgIpc) is 2.38. The number of amides is 1. The van der Waals surface area contributed by atoms with Gasteiger partial charge in [-0.05, 0) is 19.1 Å². The lowest BCUT2D eigenvalue weighted by molar-refractivity contribution is -0.113. The van der Waals surface area contributed by atoms with Gasteiger partial charge in [0.25, 0.3) is 0 Å². The van der Waals surface area contributed by atoms with Crippen LogP contribution in [0.3, 0.4) is 0 Å². The van der Waals surface area contributed by atoms with Crippen LogP contribution in [0.2, 0.25) is 0 Å². The van der Waals surface area contributed by atoms with E-state index < -0.39 is 6.10 Å². The van der Waals surface area contributed by atoms with E-state index in [2.05, 4.69) is 5.32 Å². The highest BCUT2D eigenvalue weighted by atomic mass is 32.2. The highest BCUT2D eigenvalue weighted by molar-refractivity contribution is 8.00. The summed E-state index contributed by atoms with van der Waals surface area (Å²) >= 11 is 1.40. The van der Waals surface area contributed by atoms with Gasteiger partial charge in [-0.3, -0.25) is 4.79 Å². The highest BCUT2D eigenvalue weighted by Gasteiger charge is 2.12. The Morgan fingerprint density at radius 2 is 2.21 bits per heavy atom. The third-order valence-electron chi connectivity index (χ3n) is 2.69. The van der Waals surface area contributed by atoms with Gasteiger partial charge < -0.3 is 20.9 Å². The van der Waals surface area contributed by atoms with Crippen molar-refractivity contribution in [3.05, 3.63) is 18.2 Å². The SMILES string of the molecule is COc1ccc(NC(=O)CSC(C)C(C)O)c(N)c1. The second kappa shape index (κ2) is 7.25. The van der Waals surface area contributed by atoms with Crippen LogP contribution >= 0.6 is 11.8 Å². The molecule has 6 heteroatoms. The Morgan fingerprint density at radius 3 is 2.74 bits per heavy atom. The van der Waals surface area contributed by atoms with Gasteiger partial charge >= 0.3 is 0 Å². The Balaban J connectivity index is 2.53. The number of benzene rings is 1. The zero-order valence-corrected chi connectivity index (χ0v) is 12.2. The van der Waals surface area contributed by atoms with Gasteiger partial charge in [-0.15, -0.1) is 11.8 Å². The molecule has 0 aliphatic carbocycles. The van der Waals surface area contributed by atoms with E-state index in [1.54, 1.807) is 32.2 Å². The lowest BCUT2D eigenvalue weighted by atomic mass is 10.2. The zero-order chi connectivity index (χ0) is 14.4. The number of anilines is 2. The Hall–Kier alpha value is -1.40. The van der Waals surface area contributed by atoms with E-state index in [0.717, 1.165) is 0 Å². The first kappa shape index (κ1) is 15.7. The summed E-state index contributed by atoms with van der Waals surface area (Å²) in [5.41, 5.74) is 6.83. The molecule has 0 heterocycles. The van der Waals surface area contributed by atoms with Crippen LogP contribution in [-0.2, 0) is 4.79 Å². The van der Waals surface area contributed by atoms with Gasteiger partial charge in [-0.2, -0.15) is 0 Å². The molecule has 0 saturated carbocycles. The molecule has 0 spiro atoms. The molecule has 2 unspecified atom stereocenters. The number of carbonyl (C=O) groups excluding carboxylic acids is 1. The van der Waals surface area contributed by atoms with Crippen LogP contribution in [0.1, 0.15) is 13.8 Å². The molecular formula is C13H20N2O3S. The van der Waals surface area contributed by atoms with Gasteiger partial charge in [0.05, 0.1) is 30.3 Å². The first-order valence-corrected chi connectivity index (χ1v) is 7.02. The van der Waals surface area contributed by atoms with Gasteiger partial charge in [0.1, 0.15) is 5.75 Å². The Labute approximate surface area is 117 Å². The number of nitrogen functional groups attached to an aromatic ring is 1. The summed E-state index contributed by atoms with van der Waals surface area (Å²) in [5, 5.41) is 12.1. The molecule has 1 aromatic rings. The molecule has 1 rings (SSSR count). The van der Waals surface area contributed by atoms with Gasteiger partial charge in [-0.1, -0.05) is 6.92 Å². The van der Waals surface area contributed by atoms with Crippen molar-refractivity contribution in [2.75, 3.05) is 23.9 Å². The van der Waals surface area contributed by atoms with E-state index in [0.29, 0.717) is 17.1 Å². The van der Waals surface area contributed by atoms with Crippen molar-refractivity contribution in [1.82, 2.24) is 0 Å². The maximum absolute atomic E-state index is 11.7. The first-order chi connectivity index (χ1) is 8.93. The minimum Gasteiger partial charge on any atom is -0.497 e. The monoisotopic (exact) mass is 284 g/mol. The van der Waals surface area contributed by atoms with Crippen LogP contribution in [-0.4, -0.2) is 35.2 Å².